The number of hydrogen-bond donors (Lipinski definition) is 6. The number of carbonyl (C=O) groups excluding carboxylic acids is 1. The van der Waals surface area contributed by atoms with Gasteiger partial charge in [-0.2, -0.15) is 0 Å². The summed E-state index contributed by atoms with van der Waals surface area (Å²) in [6.45, 7) is -0.796. The molecule has 4 unspecified atom stereocenters. The lowest BCUT2D eigenvalue weighted by Crippen LogP contribution is -2.50. The number of rotatable bonds is 21. The Morgan fingerprint density at radius 3 is 2.48 bits per heavy atom. The molecule has 11 nitrogen and oxygen atoms in total. The van der Waals surface area contributed by atoms with E-state index in [1.165, 1.54) is 4.90 Å². The predicted molar refractivity (Wildman–Crippen MR) is 190 cm³/mol. The summed E-state index contributed by atoms with van der Waals surface area (Å²) in [5.74, 6) is 1.22. The number of halogens is 1. The molecule has 2 aromatic carbocycles. The molecule has 2 saturated carbocycles. The molecule has 0 spiro atoms. The molecule has 2 fully saturated rings. The molecule has 1 aromatic heterocycles. The number of nitrogens with zero attached hydrogens (tertiary/aromatic N) is 2. The van der Waals surface area contributed by atoms with E-state index >= 15 is 0 Å². The van der Waals surface area contributed by atoms with Crippen molar-refractivity contribution in [3.05, 3.63) is 77.1 Å². The molecular formula is C37H47ClN2O9S. The van der Waals surface area contributed by atoms with Crippen LogP contribution >= 0.6 is 23.4 Å². The number of aliphatic hydroxyl groups is 6. The van der Waals surface area contributed by atoms with Crippen molar-refractivity contribution in [2.24, 2.45) is 0 Å². The first kappa shape index (κ1) is 38.5. The third kappa shape index (κ3) is 10.2. The molecule has 3 aromatic rings. The first-order valence-corrected chi connectivity index (χ1v) is 18.5. The van der Waals surface area contributed by atoms with Gasteiger partial charge in [-0.15, -0.1) is 11.8 Å². The molecular weight excluding hydrogens is 684 g/mol. The molecule has 50 heavy (non-hydrogen) atoms. The van der Waals surface area contributed by atoms with Gasteiger partial charge >= 0.3 is 0 Å². The maximum atomic E-state index is 13.0. The summed E-state index contributed by atoms with van der Waals surface area (Å²) in [5.41, 5.74) is 3.51. The SMILES string of the molecule is O=C(CCCSc1ccc(Cl)c(COC2(c3cnccc3-c3ccccc3OC3CC3)CC2)c1)N(CCCO)CC(O)C(O)C(O)C(O)CO. The molecule has 0 saturated heterocycles. The van der Waals surface area contributed by atoms with E-state index in [1.807, 2.05) is 48.7 Å². The molecule has 0 radical (unpaired) electrons. The van der Waals surface area contributed by atoms with Gasteiger partial charge < -0.3 is 45.0 Å². The first-order chi connectivity index (χ1) is 24.2. The summed E-state index contributed by atoms with van der Waals surface area (Å²) in [4.78, 5) is 19.8. The van der Waals surface area contributed by atoms with Crippen LogP contribution in [-0.4, -0.2) is 109 Å². The Labute approximate surface area is 301 Å². The highest BCUT2D eigenvalue weighted by atomic mass is 35.5. The van der Waals surface area contributed by atoms with Gasteiger partial charge in [0.1, 0.15) is 30.2 Å². The van der Waals surface area contributed by atoms with Gasteiger partial charge in [0, 0.05) is 59.6 Å². The maximum absolute atomic E-state index is 13.0. The van der Waals surface area contributed by atoms with Crippen LogP contribution in [0.1, 0.15) is 56.1 Å². The van der Waals surface area contributed by atoms with Gasteiger partial charge in [-0.3, -0.25) is 9.78 Å². The van der Waals surface area contributed by atoms with Crippen molar-refractivity contribution >= 4 is 29.3 Å². The minimum atomic E-state index is -1.78. The highest BCUT2D eigenvalue weighted by molar-refractivity contribution is 7.99. The fourth-order valence-electron chi connectivity index (χ4n) is 5.77. The predicted octanol–water partition coefficient (Wildman–Crippen LogP) is 3.67. The lowest BCUT2D eigenvalue weighted by Gasteiger charge is -2.30. The molecule has 4 atom stereocenters. The molecule has 5 rings (SSSR count). The molecule has 272 valence electrons. The summed E-state index contributed by atoms with van der Waals surface area (Å²) in [6.07, 6.45) is 2.07. The monoisotopic (exact) mass is 730 g/mol. The summed E-state index contributed by atoms with van der Waals surface area (Å²) in [6, 6.07) is 15.9. The van der Waals surface area contributed by atoms with Crippen LogP contribution in [-0.2, 0) is 21.7 Å². The minimum Gasteiger partial charge on any atom is -0.490 e. The van der Waals surface area contributed by atoms with Gasteiger partial charge in [-0.25, -0.2) is 0 Å². The van der Waals surface area contributed by atoms with Crippen molar-refractivity contribution in [3.63, 3.8) is 0 Å². The lowest BCUT2D eigenvalue weighted by atomic mass is 9.96. The van der Waals surface area contributed by atoms with E-state index in [4.69, 9.17) is 26.2 Å². The maximum Gasteiger partial charge on any atom is 0.222 e. The van der Waals surface area contributed by atoms with E-state index in [2.05, 4.69) is 11.1 Å². The molecule has 0 bridgehead atoms. The van der Waals surface area contributed by atoms with Crippen LogP contribution < -0.4 is 4.74 Å². The van der Waals surface area contributed by atoms with E-state index < -0.39 is 36.6 Å². The van der Waals surface area contributed by atoms with Crippen molar-refractivity contribution in [2.45, 2.75) is 92.6 Å². The Balaban J connectivity index is 1.15. The van der Waals surface area contributed by atoms with E-state index in [1.54, 1.807) is 18.0 Å². The Morgan fingerprint density at radius 2 is 1.76 bits per heavy atom. The number of hydrogen-bond acceptors (Lipinski definition) is 11. The minimum absolute atomic E-state index is 0.147. The van der Waals surface area contributed by atoms with Crippen molar-refractivity contribution in [1.29, 1.82) is 0 Å². The highest BCUT2D eigenvalue weighted by Crippen LogP contribution is 2.53. The average molecular weight is 731 g/mol. The zero-order valence-electron chi connectivity index (χ0n) is 27.9. The average Bonchev–Trinajstić information content (AvgIpc) is 4.08. The summed E-state index contributed by atoms with van der Waals surface area (Å²) in [7, 11) is 0. The van der Waals surface area contributed by atoms with Gasteiger partial charge in [0.15, 0.2) is 0 Å². The zero-order valence-corrected chi connectivity index (χ0v) is 29.5. The van der Waals surface area contributed by atoms with Crippen molar-refractivity contribution in [1.82, 2.24) is 9.88 Å². The van der Waals surface area contributed by atoms with Gasteiger partial charge in [0.2, 0.25) is 5.91 Å². The Kier molecular flexibility index (Phi) is 13.9. The number of aromatic nitrogens is 1. The van der Waals surface area contributed by atoms with Crippen molar-refractivity contribution in [3.8, 4) is 16.9 Å². The van der Waals surface area contributed by atoms with Crippen LogP contribution in [0.2, 0.25) is 5.02 Å². The topological polar surface area (TPSA) is 173 Å². The van der Waals surface area contributed by atoms with Gasteiger partial charge in [-0.1, -0.05) is 29.8 Å². The van der Waals surface area contributed by atoms with Crippen LogP contribution in [0.5, 0.6) is 5.75 Å². The number of carbonyl (C=O) groups is 1. The van der Waals surface area contributed by atoms with Crippen LogP contribution in [0.4, 0.5) is 0 Å². The van der Waals surface area contributed by atoms with Gasteiger partial charge in [0.25, 0.3) is 0 Å². The van der Waals surface area contributed by atoms with Crippen molar-refractivity contribution < 1.29 is 44.9 Å². The highest BCUT2D eigenvalue weighted by Gasteiger charge is 2.48. The summed E-state index contributed by atoms with van der Waals surface area (Å²) >= 11 is 8.19. The number of para-hydroxylation sites is 1. The van der Waals surface area contributed by atoms with E-state index in [9.17, 15) is 30.3 Å². The summed E-state index contributed by atoms with van der Waals surface area (Å²) in [5, 5.41) is 59.0. The number of pyridine rings is 1. The van der Waals surface area contributed by atoms with E-state index in [0.29, 0.717) is 23.8 Å². The number of benzene rings is 2. The molecule has 6 N–H and O–H groups in total. The third-order valence-corrected chi connectivity index (χ3v) is 10.5. The van der Waals surface area contributed by atoms with Crippen molar-refractivity contribution in [2.75, 3.05) is 32.1 Å². The largest absolute Gasteiger partial charge is 0.490 e. The second kappa shape index (κ2) is 18.1. The fraction of sp³-hybridized carbons (Fsp3) is 0.514. The van der Waals surface area contributed by atoms with Crippen LogP contribution in [0.15, 0.2) is 65.8 Å². The first-order valence-electron chi connectivity index (χ1n) is 17.1. The fourth-order valence-corrected chi connectivity index (χ4v) is 6.86. The van der Waals surface area contributed by atoms with Crippen LogP contribution in [0.3, 0.4) is 0 Å². The quantitative estimate of drug-likeness (QED) is 0.0698. The van der Waals surface area contributed by atoms with Crippen LogP contribution in [0, 0.1) is 0 Å². The number of ether oxygens (including phenoxy) is 2. The molecule has 2 aliphatic rings. The smallest absolute Gasteiger partial charge is 0.222 e. The van der Waals surface area contributed by atoms with Crippen LogP contribution in [0.25, 0.3) is 11.1 Å². The number of amides is 1. The normalized spacial score (nSPS) is 17.5. The second-order valence-electron chi connectivity index (χ2n) is 12.9. The number of aliphatic hydroxyl groups excluding tert-OH is 6. The molecule has 0 aliphatic heterocycles. The number of thioether (sulfide) groups is 1. The Hall–Kier alpha value is -2.78. The lowest BCUT2D eigenvalue weighted by molar-refractivity contribution is -0.140. The van der Waals surface area contributed by atoms with Gasteiger partial charge in [0.05, 0.1) is 24.9 Å². The zero-order chi connectivity index (χ0) is 35.7. The van der Waals surface area contributed by atoms with E-state index in [-0.39, 0.29) is 44.5 Å². The molecule has 1 amide bonds. The molecule has 13 heteroatoms. The Morgan fingerprint density at radius 1 is 1.00 bits per heavy atom. The third-order valence-electron chi connectivity index (χ3n) is 9.01. The van der Waals surface area contributed by atoms with Gasteiger partial charge in [-0.05, 0) is 85.7 Å². The van der Waals surface area contributed by atoms with E-state index in [0.717, 1.165) is 58.6 Å². The molecule has 1 heterocycles. The summed E-state index contributed by atoms with van der Waals surface area (Å²) < 4.78 is 12.8. The molecule has 2 aliphatic carbocycles. The standard InChI is InChI=1S/C37H47ClN2O9S/c38-30-11-10-26(50-18-3-7-34(45)40(16-4-17-41)21-31(43)35(46)36(47)32(44)22-42)19-24(30)23-48-37(13-14-37)29-20-39-15-12-27(29)28-5-1-2-6-33(28)49-25-8-9-25/h1-2,5-6,10-12,15,19-20,25,31-32,35-36,41-44,46-47H,3-4,7-9,13-14,16-18,21-23H2. The second-order valence-corrected chi connectivity index (χ2v) is 14.5. The Bertz CT molecular complexity index is 1560.